The minimum absolute atomic E-state index is 0.204. The predicted octanol–water partition coefficient (Wildman–Crippen LogP) is 2.97. The van der Waals surface area contributed by atoms with E-state index in [0.717, 1.165) is 61.8 Å². The Kier molecular flexibility index (Phi) is 5.34. The van der Waals surface area contributed by atoms with Crippen molar-refractivity contribution in [3.8, 4) is 0 Å². The maximum atomic E-state index is 13.0. The molecule has 0 radical (unpaired) electrons. The summed E-state index contributed by atoms with van der Waals surface area (Å²) in [4.78, 5) is 6.58. The molecule has 0 bridgehead atoms. The van der Waals surface area contributed by atoms with E-state index in [1.807, 2.05) is 18.3 Å². The topological polar surface area (TPSA) is 46.8 Å². The van der Waals surface area contributed by atoms with Crippen molar-refractivity contribution in [2.45, 2.75) is 19.4 Å². The molecule has 4 rings (SSSR count). The van der Waals surface area contributed by atoms with E-state index in [0.29, 0.717) is 0 Å². The van der Waals surface area contributed by atoms with Crippen molar-refractivity contribution in [2.75, 3.05) is 19.6 Å². The van der Waals surface area contributed by atoms with Crippen molar-refractivity contribution < 1.29 is 4.39 Å². The van der Waals surface area contributed by atoms with Crippen LogP contribution in [0, 0.1) is 5.82 Å². The summed E-state index contributed by atoms with van der Waals surface area (Å²) in [6.07, 6.45) is 9.49. The van der Waals surface area contributed by atoms with Gasteiger partial charge in [0, 0.05) is 51.4 Å². The summed E-state index contributed by atoms with van der Waals surface area (Å²) in [6.45, 7) is 3.67. The zero-order chi connectivity index (χ0) is 18.5. The summed E-state index contributed by atoms with van der Waals surface area (Å²) in [5.74, 6) is 1.85. The van der Waals surface area contributed by atoms with Crippen LogP contribution in [0.15, 0.2) is 54.9 Å². The third kappa shape index (κ3) is 4.46. The second-order valence-corrected chi connectivity index (χ2v) is 6.73. The van der Waals surface area contributed by atoms with Gasteiger partial charge in [-0.05, 0) is 29.3 Å². The largest absolute Gasteiger partial charge is 0.313 e. The van der Waals surface area contributed by atoms with Crippen LogP contribution in [0.4, 0.5) is 4.39 Å². The lowest BCUT2D eigenvalue weighted by molar-refractivity contribution is 0.308. The smallest absolute Gasteiger partial charge is 0.137 e. The summed E-state index contributed by atoms with van der Waals surface area (Å²) in [5.41, 5.74) is 2.16. The second kappa shape index (κ2) is 8.22. The highest BCUT2D eigenvalue weighted by atomic mass is 19.1. The summed E-state index contributed by atoms with van der Waals surface area (Å²) in [5, 5.41) is 8.79. The number of hydrogen-bond acceptors (Lipinski definition) is 4. The van der Waals surface area contributed by atoms with Gasteiger partial charge in [-0.3, -0.25) is 9.88 Å². The van der Waals surface area contributed by atoms with E-state index in [9.17, 15) is 4.39 Å². The van der Waals surface area contributed by atoms with Crippen molar-refractivity contribution in [3.05, 3.63) is 83.5 Å². The Labute approximate surface area is 158 Å². The van der Waals surface area contributed by atoms with Gasteiger partial charge in [0.05, 0.1) is 0 Å². The molecule has 0 unspecified atom stereocenters. The summed E-state index contributed by atoms with van der Waals surface area (Å²) < 4.78 is 15.2. The Morgan fingerprint density at radius 2 is 1.93 bits per heavy atom. The van der Waals surface area contributed by atoms with E-state index in [1.165, 1.54) is 12.1 Å². The molecule has 0 atom stereocenters. The maximum Gasteiger partial charge on any atom is 0.137 e. The van der Waals surface area contributed by atoms with Crippen LogP contribution in [0.25, 0.3) is 6.08 Å². The normalized spacial score (nSPS) is 15.0. The van der Waals surface area contributed by atoms with Crippen LogP contribution in [0.2, 0.25) is 0 Å². The highest BCUT2D eigenvalue weighted by molar-refractivity contribution is 5.48. The molecule has 0 saturated carbocycles. The molecule has 0 N–H and O–H groups in total. The Bertz CT molecular complexity index is 902. The van der Waals surface area contributed by atoms with Gasteiger partial charge in [-0.25, -0.2) is 4.39 Å². The zero-order valence-electron chi connectivity index (χ0n) is 15.1. The van der Waals surface area contributed by atoms with Gasteiger partial charge < -0.3 is 4.57 Å². The quantitative estimate of drug-likeness (QED) is 0.699. The minimum atomic E-state index is -0.204. The van der Waals surface area contributed by atoms with Crippen molar-refractivity contribution in [1.82, 2.24) is 24.6 Å². The molecule has 27 heavy (non-hydrogen) atoms. The van der Waals surface area contributed by atoms with Gasteiger partial charge in [0.25, 0.3) is 0 Å². The van der Waals surface area contributed by atoms with Gasteiger partial charge in [0.1, 0.15) is 17.5 Å². The number of rotatable bonds is 5. The first-order valence-electron chi connectivity index (χ1n) is 9.22. The first kappa shape index (κ1) is 17.5. The fourth-order valence-electron chi connectivity index (χ4n) is 3.34. The molecule has 0 saturated heterocycles. The van der Waals surface area contributed by atoms with Crippen molar-refractivity contribution in [2.24, 2.45) is 0 Å². The Morgan fingerprint density at radius 1 is 1.04 bits per heavy atom. The fraction of sp³-hybridized carbons (Fsp3) is 0.286. The highest BCUT2D eigenvalue weighted by Gasteiger charge is 2.18. The van der Waals surface area contributed by atoms with E-state index in [-0.39, 0.29) is 5.82 Å². The molecule has 0 spiro atoms. The monoisotopic (exact) mass is 363 g/mol. The highest BCUT2D eigenvalue weighted by Crippen LogP contribution is 2.13. The summed E-state index contributed by atoms with van der Waals surface area (Å²) >= 11 is 0. The first-order chi connectivity index (χ1) is 13.3. The minimum Gasteiger partial charge on any atom is -0.313 e. The number of fused-ring (bicyclic) bond motifs is 1. The fourth-order valence-corrected chi connectivity index (χ4v) is 3.34. The van der Waals surface area contributed by atoms with E-state index in [4.69, 9.17) is 0 Å². The van der Waals surface area contributed by atoms with Crippen molar-refractivity contribution in [1.29, 1.82) is 0 Å². The number of hydrogen-bond donors (Lipinski definition) is 0. The lowest BCUT2D eigenvalue weighted by Crippen LogP contribution is -2.27. The lowest BCUT2D eigenvalue weighted by atomic mass is 10.2. The molecule has 3 aromatic rings. The maximum absolute atomic E-state index is 13.0. The van der Waals surface area contributed by atoms with Crippen LogP contribution < -0.4 is 0 Å². The molecule has 0 amide bonds. The number of pyridine rings is 1. The van der Waals surface area contributed by atoms with Gasteiger partial charge in [-0.15, -0.1) is 10.2 Å². The van der Waals surface area contributed by atoms with Crippen LogP contribution in [-0.2, 0) is 19.4 Å². The number of benzene rings is 1. The number of halogens is 1. The van der Waals surface area contributed by atoms with E-state index in [1.54, 1.807) is 18.3 Å². The molecule has 5 nitrogen and oxygen atoms in total. The zero-order valence-corrected chi connectivity index (χ0v) is 15.1. The molecule has 138 valence electrons. The molecule has 0 fully saturated rings. The Morgan fingerprint density at radius 3 is 2.74 bits per heavy atom. The average Bonchev–Trinajstić information content (AvgIpc) is 2.95. The van der Waals surface area contributed by atoms with Gasteiger partial charge in [-0.2, -0.15) is 0 Å². The Hall–Kier alpha value is -2.86. The van der Waals surface area contributed by atoms with Crippen molar-refractivity contribution >= 4 is 6.08 Å². The third-order valence-corrected chi connectivity index (χ3v) is 4.82. The van der Waals surface area contributed by atoms with E-state index in [2.05, 4.69) is 36.8 Å². The van der Waals surface area contributed by atoms with Crippen LogP contribution in [-0.4, -0.2) is 44.3 Å². The second-order valence-electron chi connectivity index (χ2n) is 6.73. The van der Waals surface area contributed by atoms with Gasteiger partial charge >= 0.3 is 0 Å². The molecule has 1 aromatic carbocycles. The van der Waals surface area contributed by atoms with Gasteiger partial charge in [0.2, 0.25) is 0 Å². The van der Waals surface area contributed by atoms with Crippen molar-refractivity contribution in [3.63, 3.8) is 0 Å². The van der Waals surface area contributed by atoms with E-state index < -0.39 is 0 Å². The third-order valence-electron chi connectivity index (χ3n) is 4.82. The molecule has 2 aromatic heterocycles. The standard InChI is InChI=1S/C21H22FN5/c22-19-7-5-17(6-8-19)4-2-11-26-12-9-20-24-25-21(27(20)14-13-26)15-18-3-1-10-23-16-18/h1-8,10,16H,9,11-15H2/b4-2+. The summed E-state index contributed by atoms with van der Waals surface area (Å²) in [6, 6.07) is 10.6. The molecular weight excluding hydrogens is 341 g/mol. The molecule has 6 heteroatoms. The van der Waals surface area contributed by atoms with Crippen LogP contribution in [0.3, 0.4) is 0 Å². The molecular formula is C21H22FN5. The molecule has 1 aliphatic heterocycles. The van der Waals surface area contributed by atoms with Crippen LogP contribution in [0.1, 0.15) is 22.8 Å². The van der Waals surface area contributed by atoms with Gasteiger partial charge in [0.15, 0.2) is 0 Å². The van der Waals surface area contributed by atoms with Gasteiger partial charge in [-0.1, -0.05) is 30.4 Å². The summed E-state index contributed by atoms with van der Waals surface area (Å²) in [7, 11) is 0. The number of aromatic nitrogens is 4. The molecule has 1 aliphatic rings. The van der Waals surface area contributed by atoms with Crippen LogP contribution in [0.5, 0.6) is 0 Å². The predicted molar refractivity (Wildman–Crippen MR) is 103 cm³/mol. The number of nitrogens with zero attached hydrogens (tertiary/aromatic N) is 5. The first-order valence-corrected chi connectivity index (χ1v) is 9.22. The van der Waals surface area contributed by atoms with E-state index >= 15 is 0 Å². The molecule has 3 heterocycles. The lowest BCUT2D eigenvalue weighted by Gasteiger charge is -2.17. The average molecular weight is 363 g/mol. The SMILES string of the molecule is Fc1ccc(/C=C/CN2CCc3nnc(Cc4cccnc4)n3CC2)cc1. The van der Waals surface area contributed by atoms with Crippen LogP contribution >= 0.6 is 0 Å². The molecule has 0 aliphatic carbocycles. The Balaban J connectivity index is 1.36.